The van der Waals surface area contributed by atoms with E-state index in [1.165, 1.54) is 0 Å². The molecular weight excluding hydrogens is 294 g/mol. The minimum atomic E-state index is 0.0591. The fraction of sp³-hybridized carbons (Fsp3) is 0.412. The Bertz CT molecular complexity index is 567. The average Bonchev–Trinajstić information content (AvgIpc) is 3.09. The fourth-order valence-electron chi connectivity index (χ4n) is 2.08. The van der Waals surface area contributed by atoms with Gasteiger partial charge in [0.05, 0.1) is 13.7 Å². The molecule has 0 aliphatic carbocycles. The van der Waals surface area contributed by atoms with Gasteiger partial charge < -0.3 is 14.8 Å². The van der Waals surface area contributed by atoms with Crippen molar-refractivity contribution in [3.63, 3.8) is 0 Å². The lowest BCUT2D eigenvalue weighted by atomic mass is 10.3. The van der Waals surface area contributed by atoms with Gasteiger partial charge in [-0.1, -0.05) is 0 Å². The van der Waals surface area contributed by atoms with E-state index in [9.17, 15) is 4.79 Å². The van der Waals surface area contributed by atoms with Crippen LogP contribution >= 0.6 is 0 Å². The molecule has 0 radical (unpaired) electrons. The van der Waals surface area contributed by atoms with Crippen molar-refractivity contribution in [2.45, 2.75) is 25.8 Å². The third-order valence-corrected chi connectivity index (χ3v) is 3.32. The van der Waals surface area contributed by atoms with Gasteiger partial charge in [-0.15, -0.1) is 0 Å². The Morgan fingerprint density at radius 2 is 2.00 bits per heavy atom. The summed E-state index contributed by atoms with van der Waals surface area (Å²) in [5.41, 5.74) is 0. The maximum Gasteiger partial charge on any atom is 0.220 e. The highest BCUT2D eigenvalue weighted by molar-refractivity contribution is 5.75. The predicted molar refractivity (Wildman–Crippen MR) is 87.6 cm³/mol. The van der Waals surface area contributed by atoms with Crippen LogP contribution in [0.1, 0.15) is 19.3 Å². The number of rotatable bonds is 10. The van der Waals surface area contributed by atoms with E-state index in [-0.39, 0.29) is 5.91 Å². The summed E-state index contributed by atoms with van der Waals surface area (Å²) in [7, 11) is 1.63. The van der Waals surface area contributed by atoms with E-state index in [1.807, 2.05) is 41.2 Å². The molecule has 6 nitrogen and oxygen atoms in total. The molecule has 2 aromatic rings. The van der Waals surface area contributed by atoms with Crippen LogP contribution in [0.15, 0.2) is 42.7 Å². The number of carbonyl (C=O) groups excluding carboxylic acids is 1. The number of benzene rings is 1. The molecule has 1 aromatic heterocycles. The summed E-state index contributed by atoms with van der Waals surface area (Å²) < 4.78 is 12.5. The first-order valence-corrected chi connectivity index (χ1v) is 7.79. The molecule has 1 amide bonds. The third-order valence-electron chi connectivity index (χ3n) is 3.32. The average molecular weight is 317 g/mol. The number of aryl methyl sites for hydroxylation is 1. The van der Waals surface area contributed by atoms with Crippen molar-refractivity contribution in [2.24, 2.45) is 0 Å². The SMILES string of the molecule is COc1ccc(OCCCC(=O)NCCCn2cccn2)cc1. The molecule has 0 saturated heterocycles. The zero-order valence-corrected chi connectivity index (χ0v) is 13.4. The molecule has 23 heavy (non-hydrogen) atoms. The maximum absolute atomic E-state index is 11.7. The van der Waals surface area contributed by atoms with E-state index in [1.54, 1.807) is 13.3 Å². The molecule has 0 aliphatic rings. The molecule has 0 unspecified atom stereocenters. The zero-order valence-electron chi connectivity index (χ0n) is 13.4. The minimum absolute atomic E-state index is 0.0591. The van der Waals surface area contributed by atoms with Crippen molar-refractivity contribution >= 4 is 5.91 Å². The topological polar surface area (TPSA) is 65.4 Å². The van der Waals surface area contributed by atoms with Crippen LogP contribution in [0.5, 0.6) is 11.5 Å². The first kappa shape index (κ1) is 16.9. The molecule has 0 bridgehead atoms. The summed E-state index contributed by atoms with van der Waals surface area (Å²) >= 11 is 0. The highest BCUT2D eigenvalue weighted by Crippen LogP contribution is 2.17. The van der Waals surface area contributed by atoms with Crippen molar-refractivity contribution in [3.8, 4) is 11.5 Å². The Morgan fingerprint density at radius 3 is 2.70 bits per heavy atom. The molecule has 6 heteroatoms. The van der Waals surface area contributed by atoms with Gasteiger partial charge in [0.1, 0.15) is 11.5 Å². The number of amides is 1. The lowest BCUT2D eigenvalue weighted by Crippen LogP contribution is -2.25. The zero-order chi connectivity index (χ0) is 16.3. The molecule has 2 rings (SSSR count). The van der Waals surface area contributed by atoms with E-state index in [0.717, 1.165) is 24.5 Å². The summed E-state index contributed by atoms with van der Waals surface area (Å²) in [5.74, 6) is 1.64. The summed E-state index contributed by atoms with van der Waals surface area (Å²) in [6.07, 6.45) is 5.70. The first-order valence-electron chi connectivity index (χ1n) is 7.79. The Morgan fingerprint density at radius 1 is 1.22 bits per heavy atom. The fourth-order valence-corrected chi connectivity index (χ4v) is 2.08. The van der Waals surface area contributed by atoms with E-state index in [2.05, 4.69) is 10.4 Å². The Kier molecular flexibility index (Phi) is 6.97. The normalized spacial score (nSPS) is 10.3. The van der Waals surface area contributed by atoms with Crippen molar-refractivity contribution in [3.05, 3.63) is 42.7 Å². The molecule has 1 heterocycles. The van der Waals surface area contributed by atoms with Gasteiger partial charge in [-0.3, -0.25) is 9.48 Å². The number of ether oxygens (including phenoxy) is 2. The minimum Gasteiger partial charge on any atom is -0.497 e. The molecular formula is C17H23N3O3. The number of nitrogens with one attached hydrogen (secondary N) is 1. The van der Waals surface area contributed by atoms with Gasteiger partial charge in [-0.2, -0.15) is 5.10 Å². The van der Waals surface area contributed by atoms with E-state index < -0.39 is 0 Å². The summed E-state index contributed by atoms with van der Waals surface area (Å²) in [4.78, 5) is 11.7. The van der Waals surface area contributed by atoms with E-state index in [0.29, 0.717) is 26.0 Å². The van der Waals surface area contributed by atoms with Crippen molar-refractivity contribution in [1.29, 1.82) is 0 Å². The van der Waals surface area contributed by atoms with Crippen LogP contribution < -0.4 is 14.8 Å². The highest BCUT2D eigenvalue weighted by atomic mass is 16.5. The Balaban J connectivity index is 1.50. The molecule has 0 spiro atoms. The maximum atomic E-state index is 11.7. The lowest BCUT2D eigenvalue weighted by molar-refractivity contribution is -0.121. The van der Waals surface area contributed by atoms with Gasteiger partial charge in [-0.05, 0) is 43.2 Å². The lowest BCUT2D eigenvalue weighted by Gasteiger charge is -2.08. The molecule has 0 fully saturated rings. The monoisotopic (exact) mass is 317 g/mol. The predicted octanol–water partition coefficient (Wildman–Crippen LogP) is 2.26. The standard InChI is InChI=1S/C17H23N3O3/c1-22-15-6-8-16(9-7-15)23-14-2-5-17(21)18-10-3-12-20-13-4-11-19-20/h4,6-9,11,13H,2-3,5,10,12,14H2,1H3,(H,18,21). The summed E-state index contributed by atoms with van der Waals surface area (Å²) in [6, 6.07) is 9.30. The van der Waals surface area contributed by atoms with Crippen LogP contribution in [-0.4, -0.2) is 35.9 Å². The van der Waals surface area contributed by atoms with Gasteiger partial charge in [0.15, 0.2) is 0 Å². The quantitative estimate of drug-likeness (QED) is 0.683. The second-order valence-corrected chi connectivity index (χ2v) is 5.10. The van der Waals surface area contributed by atoms with Crippen molar-refractivity contribution in [1.82, 2.24) is 15.1 Å². The largest absolute Gasteiger partial charge is 0.497 e. The summed E-state index contributed by atoms with van der Waals surface area (Å²) in [5, 5.41) is 7.02. The van der Waals surface area contributed by atoms with Crippen LogP contribution in [0.4, 0.5) is 0 Å². The van der Waals surface area contributed by atoms with Gasteiger partial charge >= 0.3 is 0 Å². The second kappa shape index (κ2) is 9.50. The Hall–Kier alpha value is -2.50. The van der Waals surface area contributed by atoms with Crippen LogP contribution in [0.2, 0.25) is 0 Å². The van der Waals surface area contributed by atoms with E-state index in [4.69, 9.17) is 9.47 Å². The molecule has 124 valence electrons. The second-order valence-electron chi connectivity index (χ2n) is 5.10. The van der Waals surface area contributed by atoms with Gasteiger partial charge in [0.25, 0.3) is 0 Å². The van der Waals surface area contributed by atoms with Crippen LogP contribution in [0.25, 0.3) is 0 Å². The van der Waals surface area contributed by atoms with Crippen molar-refractivity contribution in [2.75, 3.05) is 20.3 Å². The third kappa shape index (κ3) is 6.42. The molecule has 0 aliphatic heterocycles. The van der Waals surface area contributed by atoms with Crippen LogP contribution in [0.3, 0.4) is 0 Å². The number of hydrogen-bond acceptors (Lipinski definition) is 4. The smallest absolute Gasteiger partial charge is 0.220 e. The number of carbonyl (C=O) groups is 1. The summed E-state index contributed by atoms with van der Waals surface area (Å²) in [6.45, 7) is 2.00. The van der Waals surface area contributed by atoms with Gasteiger partial charge in [-0.25, -0.2) is 0 Å². The molecule has 1 aromatic carbocycles. The van der Waals surface area contributed by atoms with E-state index >= 15 is 0 Å². The van der Waals surface area contributed by atoms with Crippen molar-refractivity contribution < 1.29 is 14.3 Å². The number of hydrogen-bond donors (Lipinski definition) is 1. The number of aromatic nitrogens is 2. The molecule has 0 saturated carbocycles. The Labute approximate surface area is 136 Å². The molecule has 0 atom stereocenters. The first-order chi connectivity index (χ1) is 11.3. The number of methoxy groups -OCH3 is 1. The van der Waals surface area contributed by atoms with Crippen LogP contribution in [-0.2, 0) is 11.3 Å². The molecule has 1 N–H and O–H groups in total. The van der Waals surface area contributed by atoms with Gasteiger partial charge in [0, 0.05) is 31.9 Å². The van der Waals surface area contributed by atoms with Crippen LogP contribution in [0, 0.1) is 0 Å². The highest BCUT2D eigenvalue weighted by Gasteiger charge is 2.01. The number of nitrogens with zero attached hydrogens (tertiary/aromatic N) is 2. The van der Waals surface area contributed by atoms with Gasteiger partial charge in [0.2, 0.25) is 5.91 Å².